The van der Waals surface area contributed by atoms with Gasteiger partial charge in [-0.25, -0.2) is 0 Å². The van der Waals surface area contributed by atoms with E-state index in [1.807, 2.05) is 38.1 Å². The van der Waals surface area contributed by atoms with Gasteiger partial charge in [0.1, 0.15) is 0 Å². The van der Waals surface area contributed by atoms with Crippen LogP contribution in [-0.4, -0.2) is 17.0 Å². The maximum atomic E-state index is 6.12. The van der Waals surface area contributed by atoms with E-state index in [2.05, 4.69) is 15.3 Å². The van der Waals surface area contributed by atoms with E-state index >= 15 is 0 Å². The number of aliphatic imine (C=N–C) groups is 1. The summed E-state index contributed by atoms with van der Waals surface area (Å²) in [4.78, 5) is 8.54. The summed E-state index contributed by atoms with van der Waals surface area (Å²) in [7, 11) is 0. The molecule has 5 heteroatoms. The lowest BCUT2D eigenvalue weighted by molar-refractivity contribution is 0.833. The minimum atomic E-state index is 0.143. The molecule has 0 fully saturated rings. The summed E-state index contributed by atoms with van der Waals surface area (Å²) in [5, 5.41) is 4.61. The molecule has 0 spiro atoms. The third-order valence-electron chi connectivity index (χ3n) is 2.38. The van der Waals surface area contributed by atoms with Gasteiger partial charge in [0.15, 0.2) is 5.96 Å². The summed E-state index contributed by atoms with van der Waals surface area (Å²) in [6.07, 6.45) is 1.72. The summed E-state index contributed by atoms with van der Waals surface area (Å²) in [6.45, 7) is 3.93. The van der Waals surface area contributed by atoms with E-state index < -0.39 is 0 Å². The van der Waals surface area contributed by atoms with Crippen molar-refractivity contribution in [2.24, 2.45) is 10.7 Å². The van der Waals surface area contributed by atoms with Crippen LogP contribution in [0.5, 0.6) is 0 Å². The van der Waals surface area contributed by atoms with E-state index in [-0.39, 0.29) is 6.04 Å². The molecule has 0 saturated heterocycles. The Hall–Kier alpha value is -1.81. The highest BCUT2D eigenvalue weighted by Gasteiger charge is 2.06. The van der Waals surface area contributed by atoms with Crippen LogP contribution in [-0.2, 0) is 0 Å². The van der Waals surface area contributed by atoms with Crippen molar-refractivity contribution < 1.29 is 0 Å². The molecule has 0 bridgehead atoms. The predicted molar refractivity (Wildman–Crippen MR) is 77.1 cm³/mol. The van der Waals surface area contributed by atoms with Gasteiger partial charge in [0.25, 0.3) is 0 Å². The molecule has 2 rings (SSSR count). The molecule has 0 atom stereocenters. The largest absolute Gasteiger partial charge is 0.370 e. The van der Waals surface area contributed by atoms with Crippen molar-refractivity contribution in [1.82, 2.24) is 4.98 Å². The lowest BCUT2D eigenvalue weighted by Gasteiger charge is -2.10. The minimum absolute atomic E-state index is 0.143. The summed E-state index contributed by atoms with van der Waals surface area (Å²) >= 11 is 6.12. The van der Waals surface area contributed by atoms with Crippen molar-refractivity contribution in [3.05, 3.63) is 35.5 Å². The fourth-order valence-corrected chi connectivity index (χ4v) is 1.90. The first-order chi connectivity index (χ1) is 8.58. The van der Waals surface area contributed by atoms with Gasteiger partial charge in [0, 0.05) is 17.6 Å². The number of nitrogens with one attached hydrogen (secondary N) is 1. The molecule has 18 heavy (non-hydrogen) atoms. The molecule has 4 nitrogen and oxygen atoms in total. The zero-order valence-electron chi connectivity index (χ0n) is 10.3. The maximum Gasteiger partial charge on any atom is 0.193 e. The molecular weight excluding hydrogens is 248 g/mol. The molecule has 0 aliphatic heterocycles. The van der Waals surface area contributed by atoms with E-state index in [9.17, 15) is 0 Å². The molecule has 1 aromatic heterocycles. The van der Waals surface area contributed by atoms with Crippen LogP contribution in [0.15, 0.2) is 35.5 Å². The highest BCUT2D eigenvalue weighted by Crippen LogP contribution is 2.27. The number of nitrogens with two attached hydrogens (primary N) is 1. The van der Waals surface area contributed by atoms with Crippen LogP contribution < -0.4 is 11.1 Å². The first-order valence-corrected chi connectivity index (χ1v) is 6.09. The Morgan fingerprint density at radius 1 is 1.39 bits per heavy atom. The number of fused-ring (bicyclic) bond motifs is 1. The number of halogens is 1. The molecule has 1 heterocycles. The van der Waals surface area contributed by atoms with Crippen molar-refractivity contribution in [1.29, 1.82) is 0 Å². The highest BCUT2D eigenvalue weighted by atomic mass is 35.5. The van der Waals surface area contributed by atoms with Gasteiger partial charge in [-0.1, -0.05) is 11.6 Å². The molecular formula is C13H15ClN4. The second-order valence-electron chi connectivity index (χ2n) is 4.23. The number of hydrogen-bond acceptors (Lipinski definition) is 2. The monoisotopic (exact) mass is 262 g/mol. The van der Waals surface area contributed by atoms with E-state index in [0.29, 0.717) is 11.0 Å². The Kier molecular flexibility index (Phi) is 3.67. The zero-order valence-corrected chi connectivity index (χ0v) is 11.1. The molecule has 0 unspecified atom stereocenters. The van der Waals surface area contributed by atoms with Gasteiger partial charge in [-0.15, -0.1) is 0 Å². The van der Waals surface area contributed by atoms with E-state index in [4.69, 9.17) is 17.3 Å². The van der Waals surface area contributed by atoms with E-state index in [1.54, 1.807) is 6.20 Å². The zero-order chi connectivity index (χ0) is 13.1. The topological polar surface area (TPSA) is 63.3 Å². The first-order valence-electron chi connectivity index (χ1n) is 5.71. The number of hydrogen-bond donors (Lipinski definition) is 2. The molecule has 94 valence electrons. The quantitative estimate of drug-likeness (QED) is 0.646. The smallest absolute Gasteiger partial charge is 0.193 e. The summed E-state index contributed by atoms with van der Waals surface area (Å²) < 4.78 is 0. The summed E-state index contributed by atoms with van der Waals surface area (Å²) in [6, 6.07) is 7.58. The van der Waals surface area contributed by atoms with Gasteiger partial charge in [-0.05, 0) is 38.1 Å². The van der Waals surface area contributed by atoms with Crippen LogP contribution in [0.25, 0.3) is 10.9 Å². The van der Waals surface area contributed by atoms with E-state index in [1.165, 1.54) is 0 Å². The molecule has 1 aromatic carbocycles. The van der Waals surface area contributed by atoms with Crippen LogP contribution in [0.1, 0.15) is 13.8 Å². The number of guanidine groups is 1. The van der Waals surface area contributed by atoms with Gasteiger partial charge in [-0.3, -0.25) is 9.98 Å². The van der Waals surface area contributed by atoms with Gasteiger partial charge >= 0.3 is 0 Å². The predicted octanol–water partition coefficient (Wildman–Crippen LogP) is 3.02. The fraction of sp³-hybridized carbons (Fsp3) is 0.231. The van der Waals surface area contributed by atoms with E-state index in [0.717, 1.165) is 16.6 Å². The van der Waals surface area contributed by atoms with Crippen molar-refractivity contribution in [3.63, 3.8) is 0 Å². The highest BCUT2D eigenvalue weighted by molar-refractivity contribution is 6.35. The van der Waals surface area contributed by atoms with Crippen LogP contribution in [0.2, 0.25) is 5.02 Å². The molecule has 2 aromatic rings. The second-order valence-corrected chi connectivity index (χ2v) is 4.63. The summed E-state index contributed by atoms with van der Waals surface area (Å²) in [5.41, 5.74) is 7.40. The number of rotatable bonds is 2. The average Bonchev–Trinajstić information content (AvgIpc) is 2.32. The molecule has 3 N–H and O–H groups in total. The third kappa shape index (κ3) is 2.71. The number of pyridine rings is 1. The summed E-state index contributed by atoms with van der Waals surface area (Å²) in [5.74, 6) is 0.374. The van der Waals surface area contributed by atoms with Gasteiger partial charge in [-0.2, -0.15) is 0 Å². The van der Waals surface area contributed by atoms with Crippen molar-refractivity contribution in [2.45, 2.75) is 19.9 Å². The number of nitrogens with zero attached hydrogens (tertiary/aromatic N) is 2. The normalized spacial score (nSPS) is 12.1. The number of anilines is 1. The van der Waals surface area contributed by atoms with Crippen molar-refractivity contribution in [2.75, 3.05) is 5.32 Å². The molecule has 0 radical (unpaired) electrons. The average molecular weight is 263 g/mol. The Balaban J connectivity index is 2.43. The maximum absolute atomic E-state index is 6.12. The Morgan fingerprint density at radius 2 is 2.17 bits per heavy atom. The van der Waals surface area contributed by atoms with Crippen LogP contribution in [0, 0.1) is 0 Å². The lowest BCUT2D eigenvalue weighted by Crippen LogP contribution is -2.24. The fourth-order valence-electron chi connectivity index (χ4n) is 1.69. The van der Waals surface area contributed by atoms with Crippen LogP contribution in [0.4, 0.5) is 5.69 Å². The molecule has 0 amide bonds. The molecule has 0 aliphatic carbocycles. The SMILES string of the molecule is CC(C)N=C(N)Nc1ccc(Cl)c2cccnc12. The standard InChI is InChI=1S/C13H15ClN4/c1-8(2)17-13(15)18-11-6-5-10(14)9-4-3-7-16-12(9)11/h3-8H,1-2H3,(H3,15,17,18). The Bertz CT molecular complexity index is 593. The number of aromatic nitrogens is 1. The van der Waals surface area contributed by atoms with Crippen molar-refractivity contribution in [3.8, 4) is 0 Å². The Morgan fingerprint density at radius 3 is 2.89 bits per heavy atom. The first kappa shape index (κ1) is 12.6. The van der Waals surface area contributed by atoms with Crippen molar-refractivity contribution >= 4 is 34.2 Å². The van der Waals surface area contributed by atoms with Gasteiger partial charge in [0.2, 0.25) is 0 Å². The second kappa shape index (κ2) is 5.23. The number of benzene rings is 1. The Labute approximate surface area is 111 Å². The van der Waals surface area contributed by atoms with Crippen LogP contribution >= 0.6 is 11.6 Å². The molecule has 0 saturated carbocycles. The molecule has 0 aliphatic rings. The lowest BCUT2D eigenvalue weighted by atomic mass is 10.2. The van der Waals surface area contributed by atoms with Gasteiger partial charge in [0.05, 0.1) is 16.2 Å². The third-order valence-corrected chi connectivity index (χ3v) is 2.71. The van der Waals surface area contributed by atoms with Crippen LogP contribution in [0.3, 0.4) is 0 Å². The van der Waals surface area contributed by atoms with Gasteiger partial charge < -0.3 is 11.1 Å². The minimum Gasteiger partial charge on any atom is -0.370 e.